The lowest BCUT2D eigenvalue weighted by molar-refractivity contribution is 0.174. The Kier molecular flexibility index (Phi) is 8.65. The fourth-order valence-electron chi connectivity index (χ4n) is 3.42. The zero-order chi connectivity index (χ0) is 23.8. The highest BCUT2D eigenvalue weighted by Crippen LogP contribution is 2.24. The summed E-state index contributed by atoms with van der Waals surface area (Å²) in [6.07, 6.45) is -1.57. The van der Waals surface area contributed by atoms with Crippen molar-refractivity contribution in [3.63, 3.8) is 0 Å². The number of rotatable bonds is 11. The largest absolute Gasteiger partial charge is 0.508 e. The molecule has 2 unspecified atom stereocenters. The summed E-state index contributed by atoms with van der Waals surface area (Å²) in [4.78, 5) is 0. The molecule has 0 aliphatic heterocycles. The Labute approximate surface area is 192 Å². The Morgan fingerprint density at radius 3 is 1.70 bits per heavy atom. The van der Waals surface area contributed by atoms with Crippen LogP contribution in [0.25, 0.3) is 0 Å². The summed E-state index contributed by atoms with van der Waals surface area (Å²) in [5, 5.41) is 64.8. The molecule has 0 bridgehead atoms. The van der Waals surface area contributed by atoms with E-state index in [1.54, 1.807) is 24.3 Å². The van der Waals surface area contributed by atoms with Gasteiger partial charge in [0.25, 0.3) is 0 Å². The zero-order valence-corrected chi connectivity index (χ0v) is 18.1. The third-order valence-electron chi connectivity index (χ3n) is 5.44. The number of anilines is 1. The molecule has 0 fully saturated rings. The third-order valence-corrected chi connectivity index (χ3v) is 5.44. The number of aliphatic hydroxyl groups is 4. The van der Waals surface area contributed by atoms with Crippen molar-refractivity contribution in [1.29, 1.82) is 0 Å². The van der Waals surface area contributed by atoms with Gasteiger partial charge >= 0.3 is 0 Å². The quantitative estimate of drug-likeness (QED) is 0.220. The van der Waals surface area contributed by atoms with Crippen LogP contribution in [0.2, 0.25) is 0 Å². The summed E-state index contributed by atoms with van der Waals surface area (Å²) in [5.41, 5.74) is 3.80. The van der Waals surface area contributed by atoms with Gasteiger partial charge in [0.15, 0.2) is 0 Å². The zero-order valence-electron chi connectivity index (χ0n) is 18.1. The van der Waals surface area contributed by atoms with Crippen LogP contribution < -0.4 is 10.6 Å². The molecule has 0 heterocycles. The van der Waals surface area contributed by atoms with Gasteiger partial charge in [-0.1, -0.05) is 24.3 Å². The molecule has 3 rings (SSSR count). The maximum Gasteiger partial charge on any atom is 0.121 e. The lowest BCUT2D eigenvalue weighted by atomic mass is 10.0. The van der Waals surface area contributed by atoms with Gasteiger partial charge in [0.2, 0.25) is 0 Å². The van der Waals surface area contributed by atoms with Crippen molar-refractivity contribution >= 4 is 5.69 Å². The van der Waals surface area contributed by atoms with E-state index < -0.39 is 12.2 Å². The molecule has 8 heteroatoms. The second-order valence-corrected chi connectivity index (χ2v) is 7.83. The monoisotopic (exact) mass is 454 g/mol. The first kappa shape index (κ1) is 24.5. The Bertz CT molecular complexity index is 1040. The van der Waals surface area contributed by atoms with E-state index in [0.29, 0.717) is 35.3 Å². The maximum absolute atomic E-state index is 10.4. The molecule has 33 heavy (non-hydrogen) atoms. The van der Waals surface area contributed by atoms with Crippen molar-refractivity contribution in [1.82, 2.24) is 5.32 Å². The highest BCUT2D eigenvalue weighted by molar-refractivity contribution is 5.45. The van der Waals surface area contributed by atoms with Crippen LogP contribution >= 0.6 is 0 Å². The van der Waals surface area contributed by atoms with Crippen LogP contribution in [-0.2, 0) is 19.8 Å². The summed E-state index contributed by atoms with van der Waals surface area (Å²) in [5.74, 6) is -0.00305. The van der Waals surface area contributed by atoms with E-state index in [2.05, 4.69) is 10.6 Å². The van der Waals surface area contributed by atoms with Crippen LogP contribution in [0.1, 0.15) is 40.0 Å². The van der Waals surface area contributed by atoms with E-state index in [-0.39, 0.29) is 31.3 Å². The average molecular weight is 455 g/mol. The molecule has 3 aromatic carbocycles. The molecule has 0 saturated heterocycles. The molecule has 2 atom stereocenters. The summed E-state index contributed by atoms with van der Waals surface area (Å²) < 4.78 is 0. The summed E-state index contributed by atoms with van der Waals surface area (Å²) in [6.45, 7) is 0.523. The summed E-state index contributed by atoms with van der Waals surface area (Å²) in [6, 6.07) is 17.0. The van der Waals surface area contributed by atoms with Gasteiger partial charge in [0, 0.05) is 36.4 Å². The highest BCUT2D eigenvalue weighted by atomic mass is 16.3. The Balaban J connectivity index is 1.46. The fraction of sp³-hybridized carbons (Fsp3) is 0.280. The first-order valence-electron chi connectivity index (χ1n) is 10.7. The molecule has 0 radical (unpaired) electrons. The molecule has 176 valence electrons. The lowest BCUT2D eigenvalue weighted by Gasteiger charge is -2.15. The van der Waals surface area contributed by atoms with Gasteiger partial charge in [-0.25, -0.2) is 0 Å². The van der Waals surface area contributed by atoms with Gasteiger partial charge in [-0.05, 0) is 53.1 Å². The molecule has 0 aliphatic carbocycles. The number of hydrogen-bond acceptors (Lipinski definition) is 8. The molecule has 8 N–H and O–H groups in total. The first-order valence-corrected chi connectivity index (χ1v) is 10.7. The predicted octanol–water partition coefficient (Wildman–Crippen LogP) is 2.05. The maximum atomic E-state index is 10.4. The van der Waals surface area contributed by atoms with Crippen molar-refractivity contribution in [3.8, 4) is 11.5 Å². The number of nitrogens with one attached hydrogen (secondary N) is 2. The number of benzene rings is 3. The predicted molar refractivity (Wildman–Crippen MR) is 125 cm³/mol. The average Bonchev–Trinajstić information content (AvgIpc) is 2.83. The van der Waals surface area contributed by atoms with E-state index in [4.69, 9.17) is 0 Å². The van der Waals surface area contributed by atoms with E-state index in [1.165, 1.54) is 12.1 Å². The number of aromatic hydroxyl groups is 2. The number of hydrogen-bond donors (Lipinski definition) is 8. The Morgan fingerprint density at radius 1 is 0.667 bits per heavy atom. The van der Waals surface area contributed by atoms with E-state index in [9.17, 15) is 30.6 Å². The number of aliphatic hydroxyl groups excluding tert-OH is 4. The molecule has 0 amide bonds. The molecule has 0 aromatic heterocycles. The second kappa shape index (κ2) is 11.6. The third kappa shape index (κ3) is 6.67. The summed E-state index contributed by atoms with van der Waals surface area (Å²) in [7, 11) is 0. The summed E-state index contributed by atoms with van der Waals surface area (Å²) >= 11 is 0. The van der Waals surface area contributed by atoms with Crippen molar-refractivity contribution in [2.75, 3.05) is 18.4 Å². The van der Waals surface area contributed by atoms with Gasteiger partial charge in [-0.15, -0.1) is 0 Å². The van der Waals surface area contributed by atoms with Gasteiger partial charge in [0.05, 0.1) is 25.4 Å². The first-order chi connectivity index (χ1) is 15.9. The fourth-order valence-corrected chi connectivity index (χ4v) is 3.42. The van der Waals surface area contributed by atoms with Crippen LogP contribution in [0, 0.1) is 0 Å². The highest BCUT2D eigenvalue weighted by Gasteiger charge is 2.11. The van der Waals surface area contributed by atoms with Gasteiger partial charge in [-0.2, -0.15) is 0 Å². The van der Waals surface area contributed by atoms with Crippen molar-refractivity contribution < 1.29 is 30.6 Å². The molecular formula is C25H30N2O6. The molecule has 3 aromatic rings. The van der Waals surface area contributed by atoms with Crippen molar-refractivity contribution in [2.24, 2.45) is 0 Å². The van der Waals surface area contributed by atoms with Gasteiger partial charge in [-0.3, -0.25) is 0 Å². The Morgan fingerprint density at radius 2 is 1.18 bits per heavy atom. The topological polar surface area (TPSA) is 145 Å². The molecule has 0 saturated carbocycles. The van der Waals surface area contributed by atoms with Crippen molar-refractivity contribution in [3.05, 3.63) is 88.5 Å². The minimum atomic E-state index is -0.801. The molecule has 0 spiro atoms. The standard InChI is InChI=1S/C25H30N2O6/c28-14-19-9-17(3-7-22(19)30)24(32)12-26-11-16-1-5-21(6-2-16)27-13-25(33)18-4-8-23(31)20(10-18)15-29/h1-10,24-33H,11-15H2. The minimum absolute atomic E-state index is 0.000558. The molecule has 8 nitrogen and oxygen atoms in total. The van der Waals surface area contributed by atoms with E-state index in [0.717, 1.165) is 11.3 Å². The number of phenols is 2. The van der Waals surface area contributed by atoms with E-state index in [1.807, 2.05) is 24.3 Å². The molecule has 0 aliphatic rings. The van der Waals surface area contributed by atoms with Crippen molar-refractivity contribution in [2.45, 2.75) is 32.0 Å². The smallest absolute Gasteiger partial charge is 0.121 e. The van der Waals surface area contributed by atoms with Gasteiger partial charge < -0.3 is 41.3 Å². The normalized spacial score (nSPS) is 13.0. The Hall–Kier alpha value is -3.14. The molecular weight excluding hydrogens is 424 g/mol. The SMILES string of the molecule is OCc1cc(C(O)CNCc2ccc(NCC(O)c3ccc(O)c(CO)c3)cc2)ccc1O. The van der Waals surface area contributed by atoms with Gasteiger partial charge in [0.1, 0.15) is 11.5 Å². The van der Waals surface area contributed by atoms with Crippen LogP contribution in [-0.4, -0.2) is 43.7 Å². The van der Waals surface area contributed by atoms with Crippen LogP contribution in [0.4, 0.5) is 5.69 Å². The van der Waals surface area contributed by atoms with Crippen LogP contribution in [0.5, 0.6) is 11.5 Å². The van der Waals surface area contributed by atoms with E-state index >= 15 is 0 Å². The van der Waals surface area contributed by atoms with Crippen LogP contribution in [0.3, 0.4) is 0 Å². The van der Waals surface area contributed by atoms with Crippen LogP contribution in [0.15, 0.2) is 60.7 Å². The minimum Gasteiger partial charge on any atom is -0.508 e. The second-order valence-electron chi connectivity index (χ2n) is 7.83. The lowest BCUT2D eigenvalue weighted by Crippen LogP contribution is -2.21.